The summed E-state index contributed by atoms with van der Waals surface area (Å²) in [6, 6.07) is 2.38. The van der Waals surface area contributed by atoms with Gasteiger partial charge in [0.25, 0.3) is 5.91 Å². The predicted octanol–water partition coefficient (Wildman–Crippen LogP) is 2.59. The van der Waals surface area contributed by atoms with Crippen LogP contribution in [0.25, 0.3) is 0 Å². The Morgan fingerprint density at radius 1 is 1.29 bits per heavy atom. The fourth-order valence-electron chi connectivity index (χ4n) is 2.67. The smallest absolute Gasteiger partial charge is 0.253 e. The second kappa shape index (κ2) is 8.62. The maximum absolute atomic E-state index is 12.0. The van der Waals surface area contributed by atoms with Crippen LogP contribution in [-0.2, 0) is 4.74 Å². The molecule has 0 aromatic carbocycles. The molecule has 0 saturated heterocycles. The molecule has 0 aliphatic heterocycles. The van der Waals surface area contributed by atoms with Crippen molar-refractivity contribution in [3.63, 3.8) is 0 Å². The van der Waals surface area contributed by atoms with E-state index in [0.29, 0.717) is 24.8 Å². The molecule has 0 unspecified atom stereocenters. The van der Waals surface area contributed by atoms with E-state index in [9.17, 15) is 4.79 Å². The van der Waals surface area contributed by atoms with Gasteiger partial charge in [-0.3, -0.25) is 9.78 Å². The Hall–Kier alpha value is -1.62. The van der Waals surface area contributed by atoms with Gasteiger partial charge in [0, 0.05) is 32.1 Å². The van der Waals surface area contributed by atoms with E-state index < -0.39 is 0 Å². The number of ether oxygens (including phenoxy) is 1. The summed E-state index contributed by atoms with van der Waals surface area (Å²) in [6.45, 7) is 1.02. The van der Waals surface area contributed by atoms with E-state index in [0.717, 1.165) is 5.69 Å². The van der Waals surface area contributed by atoms with Gasteiger partial charge in [0.15, 0.2) is 0 Å². The van der Waals surface area contributed by atoms with Crippen molar-refractivity contribution in [3.05, 3.63) is 24.0 Å². The van der Waals surface area contributed by atoms with Crippen molar-refractivity contribution >= 4 is 11.6 Å². The SMILES string of the molecule is COCCNC(=O)c1cncc(NC2CCCCCC2)c1. The molecule has 1 aromatic heterocycles. The first-order valence-electron chi connectivity index (χ1n) is 7.78. The first kappa shape index (κ1) is 15.8. The minimum atomic E-state index is -0.107. The number of rotatable bonds is 6. The molecule has 21 heavy (non-hydrogen) atoms. The summed E-state index contributed by atoms with van der Waals surface area (Å²) in [4.78, 5) is 16.2. The van der Waals surface area contributed by atoms with Crippen molar-refractivity contribution in [3.8, 4) is 0 Å². The van der Waals surface area contributed by atoms with Crippen molar-refractivity contribution in [2.24, 2.45) is 0 Å². The number of hydrogen-bond acceptors (Lipinski definition) is 4. The molecule has 1 aliphatic carbocycles. The Bertz CT molecular complexity index is 443. The van der Waals surface area contributed by atoms with E-state index in [4.69, 9.17) is 4.74 Å². The second-order valence-corrected chi connectivity index (χ2v) is 5.54. The third kappa shape index (κ3) is 5.34. The molecule has 5 nitrogen and oxygen atoms in total. The molecule has 1 fully saturated rings. The predicted molar refractivity (Wildman–Crippen MR) is 83.6 cm³/mol. The molecular weight excluding hydrogens is 266 g/mol. The summed E-state index contributed by atoms with van der Waals surface area (Å²) < 4.78 is 4.92. The van der Waals surface area contributed by atoms with Crippen LogP contribution in [0.4, 0.5) is 5.69 Å². The normalized spacial score (nSPS) is 16.2. The highest BCUT2D eigenvalue weighted by Crippen LogP contribution is 2.21. The van der Waals surface area contributed by atoms with Gasteiger partial charge in [-0.05, 0) is 18.9 Å². The number of pyridine rings is 1. The van der Waals surface area contributed by atoms with Crippen molar-refractivity contribution in [2.45, 2.75) is 44.6 Å². The molecule has 0 spiro atoms. The fraction of sp³-hybridized carbons (Fsp3) is 0.625. The number of nitrogens with zero attached hydrogens (tertiary/aromatic N) is 1. The van der Waals surface area contributed by atoms with Crippen LogP contribution in [0.5, 0.6) is 0 Å². The van der Waals surface area contributed by atoms with Crippen LogP contribution in [0.3, 0.4) is 0 Å². The van der Waals surface area contributed by atoms with Gasteiger partial charge < -0.3 is 15.4 Å². The van der Waals surface area contributed by atoms with Crippen molar-refractivity contribution in [1.29, 1.82) is 0 Å². The van der Waals surface area contributed by atoms with Crippen molar-refractivity contribution in [2.75, 3.05) is 25.6 Å². The number of anilines is 1. The molecule has 5 heteroatoms. The zero-order valence-electron chi connectivity index (χ0n) is 12.7. The topological polar surface area (TPSA) is 63.2 Å². The Morgan fingerprint density at radius 3 is 2.76 bits per heavy atom. The van der Waals surface area contributed by atoms with E-state index in [2.05, 4.69) is 15.6 Å². The number of hydrogen-bond donors (Lipinski definition) is 2. The third-order valence-electron chi connectivity index (χ3n) is 3.82. The maximum Gasteiger partial charge on any atom is 0.253 e. The quantitative estimate of drug-likeness (QED) is 0.624. The van der Waals surface area contributed by atoms with Crippen LogP contribution in [0.15, 0.2) is 18.5 Å². The summed E-state index contributed by atoms with van der Waals surface area (Å²) in [6.07, 6.45) is 11.0. The minimum Gasteiger partial charge on any atom is -0.383 e. The number of carbonyl (C=O) groups is 1. The lowest BCUT2D eigenvalue weighted by Gasteiger charge is -2.17. The lowest BCUT2D eigenvalue weighted by molar-refractivity contribution is 0.0937. The zero-order valence-corrected chi connectivity index (χ0v) is 12.7. The zero-order chi connectivity index (χ0) is 14.9. The fourth-order valence-corrected chi connectivity index (χ4v) is 2.67. The van der Waals surface area contributed by atoms with Crippen LogP contribution in [-0.4, -0.2) is 37.2 Å². The minimum absolute atomic E-state index is 0.107. The summed E-state index contributed by atoms with van der Waals surface area (Å²) >= 11 is 0. The van der Waals surface area contributed by atoms with Gasteiger partial charge in [-0.2, -0.15) is 0 Å². The molecule has 0 atom stereocenters. The lowest BCUT2D eigenvalue weighted by atomic mass is 10.1. The van der Waals surface area contributed by atoms with E-state index in [1.165, 1.54) is 38.5 Å². The highest BCUT2D eigenvalue weighted by atomic mass is 16.5. The molecule has 1 aliphatic rings. The van der Waals surface area contributed by atoms with Crippen LogP contribution < -0.4 is 10.6 Å². The van der Waals surface area contributed by atoms with Crippen molar-refractivity contribution in [1.82, 2.24) is 10.3 Å². The lowest BCUT2D eigenvalue weighted by Crippen LogP contribution is -2.27. The van der Waals surface area contributed by atoms with Crippen LogP contribution in [0.2, 0.25) is 0 Å². The number of carbonyl (C=O) groups excluding carboxylic acids is 1. The van der Waals surface area contributed by atoms with E-state index >= 15 is 0 Å². The molecule has 1 heterocycles. The molecule has 1 aromatic rings. The Labute approximate surface area is 126 Å². The second-order valence-electron chi connectivity index (χ2n) is 5.54. The summed E-state index contributed by atoms with van der Waals surface area (Å²) in [5.74, 6) is -0.107. The first-order chi connectivity index (χ1) is 10.3. The van der Waals surface area contributed by atoms with Gasteiger partial charge in [-0.25, -0.2) is 0 Å². The van der Waals surface area contributed by atoms with Crippen LogP contribution in [0.1, 0.15) is 48.9 Å². The Morgan fingerprint density at radius 2 is 2.05 bits per heavy atom. The molecule has 0 bridgehead atoms. The maximum atomic E-state index is 12.0. The average molecular weight is 291 g/mol. The highest BCUT2D eigenvalue weighted by molar-refractivity contribution is 5.94. The monoisotopic (exact) mass is 291 g/mol. The number of methoxy groups -OCH3 is 1. The summed E-state index contributed by atoms with van der Waals surface area (Å²) in [7, 11) is 1.62. The molecule has 1 saturated carbocycles. The largest absolute Gasteiger partial charge is 0.383 e. The summed E-state index contributed by atoms with van der Waals surface area (Å²) in [5.41, 5.74) is 1.52. The average Bonchev–Trinajstić information content (AvgIpc) is 2.76. The molecule has 2 rings (SSSR count). The van der Waals surface area contributed by atoms with Crippen LogP contribution >= 0.6 is 0 Å². The van der Waals surface area contributed by atoms with Gasteiger partial charge in [-0.15, -0.1) is 0 Å². The third-order valence-corrected chi connectivity index (χ3v) is 3.82. The highest BCUT2D eigenvalue weighted by Gasteiger charge is 2.13. The molecule has 0 radical (unpaired) electrons. The van der Waals surface area contributed by atoms with E-state index in [1.54, 1.807) is 19.5 Å². The van der Waals surface area contributed by atoms with Gasteiger partial charge in [0.2, 0.25) is 0 Å². The molecular formula is C16H25N3O2. The van der Waals surface area contributed by atoms with Gasteiger partial charge >= 0.3 is 0 Å². The number of amides is 1. The standard InChI is InChI=1S/C16H25N3O2/c1-21-9-8-18-16(20)13-10-15(12-17-11-13)19-14-6-4-2-3-5-7-14/h10-12,14,19H,2-9H2,1H3,(H,18,20). The van der Waals surface area contributed by atoms with Gasteiger partial charge in [-0.1, -0.05) is 25.7 Å². The first-order valence-corrected chi connectivity index (χ1v) is 7.78. The van der Waals surface area contributed by atoms with E-state index in [1.807, 2.05) is 6.07 Å². The van der Waals surface area contributed by atoms with Gasteiger partial charge in [0.1, 0.15) is 0 Å². The summed E-state index contributed by atoms with van der Waals surface area (Å²) in [5, 5.41) is 6.33. The molecule has 116 valence electrons. The van der Waals surface area contributed by atoms with Crippen LogP contribution in [0, 0.1) is 0 Å². The van der Waals surface area contributed by atoms with E-state index in [-0.39, 0.29) is 5.91 Å². The molecule has 2 N–H and O–H groups in total. The molecule has 1 amide bonds. The Balaban J connectivity index is 1.91. The Kier molecular flexibility index (Phi) is 6.47. The van der Waals surface area contributed by atoms with Gasteiger partial charge in [0.05, 0.1) is 17.9 Å². The number of nitrogens with one attached hydrogen (secondary N) is 2. The van der Waals surface area contributed by atoms with Crippen molar-refractivity contribution < 1.29 is 9.53 Å². The number of aromatic nitrogens is 1.